The maximum atomic E-state index is 11.0. The summed E-state index contributed by atoms with van der Waals surface area (Å²) in [7, 11) is 0. The standard InChI is InChI=1S/C15H25N3O3/c1-4-7-8-12(5-2)11-21-15-13(18(19)20)9-10-14(17-15)16-6-3/h9-10,12H,4-8,11H2,1-3H3,(H,16,17). The highest BCUT2D eigenvalue weighted by Gasteiger charge is 2.19. The zero-order valence-corrected chi connectivity index (χ0v) is 13.1. The molecule has 0 aliphatic heterocycles. The highest BCUT2D eigenvalue weighted by molar-refractivity contribution is 5.49. The van der Waals surface area contributed by atoms with E-state index in [4.69, 9.17) is 4.74 Å². The quantitative estimate of drug-likeness (QED) is 0.521. The molecular weight excluding hydrogens is 270 g/mol. The summed E-state index contributed by atoms with van der Waals surface area (Å²) in [6, 6.07) is 3.04. The predicted octanol–water partition coefficient (Wildman–Crippen LogP) is 4.02. The van der Waals surface area contributed by atoms with Gasteiger partial charge in [0.15, 0.2) is 0 Å². The highest BCUT2D eigenvalue weighted by atomic mass is 16.6. The van der Waals surface area contributed by atoms with Gasteiger partial charge >= 0.3 is 5.69 Å². The molecule has 6 heteroatoms. The van der Waals surface area contributed by atoms with E-state index in [0.29, 0.717) is 24.9 Å². The molecule has 1 aromatic heterocycles. The van der Waals surface area contributed by atoms with Crippen LogP contribution in [-0.4, -0.2) is 23.1 Å². The summed E-state index contributed by atoms with van der Waals surface area (Å²) in [4.78, 5) is 14.8. The van der Waals surface area contributed by atoms with Gasteiger partial charge in [-0.05, 0) is 25.3 Å². The van der Waals surface area contributed by atoms with Crippen LogP contribution < -0.4 is 10.1 Å². The average molecular weight is 295 g/mol. The van der Waals surface area contributed by atoms with Gasteiger partial charge in [-0.15, -0.1) is 0 Å². The molecule has 0 aromatic carbocycles. The first kappa shape index (κ1) is 17.2. The summed E-state index contributed by atoms with van der Waals surface area (Å²) in [6.45, 7) is 7.39. The van der Waals surface area contributed by atoms with Crippen molar-refractivity contribution in [3.63, 3.8) is 0 Å². The first-order valence-electron chi connectivity index (χ1n) is 7.64. The van der Waals surface area contributed by atoms with Crippen molar-refractivity contribution in [3.8, 4) is 5.88 Å². The normalized spacial score (nSPS) is 12.0. The number of unbranched alkanes of at least 4 members (excludes halogenated alkanes) is 1. The number of aromatic nitrogens is 1. The van der Waals surface area contributed by atoms with E-state index >= 15 is 0 Å². The van der Waals surface area contributed by atoms with Gasteiger partial charge in [0.1, 0.15) is 5.82 Å². The van der Waals surface area contributed by atoms with Crippen LogP contribution >= 0.6 is 0 Å². The summed E-state index contributed by atoms with van der Waals surface area (Å²) in [5.74, 6) is 1.11. The number of nitrogens with one attached hydrogen (secondary N) is 1. The topological polar surface area (TPSA) is 77.3 Å². The van der Waals surface area contributed by atoms with Crippen molar-refractivity contribution in [1.82, 2.24) is 4.98 Å². The molecule has 0 saturated carbocycles. The molecule has 0 aliphatic rings. The minimum atomic E-state index is -0.453. The molecule has 0 bridgehead atoms. The van der Waals surface area contributed by atoms with Crippen LogP contribution in [0.2, 0.25) is 0 Å². The largest absolute Gasteiger partial charge is 0.472 e. The third-order valence-electron chi connectivity index (χ3n) is 3.39. The van der Waals surface area contributed by atoms with Crippen LogP contribution in [-0.2, 0) is 0 Å². The number of hydrogen-bond acceptors (Lipinski definition) is 5. The van der Waals surface area contributed by atoms with Gasteiger partial charge in [0.05, 0.1) is 11.5 Å². The van der Waals surface area contributed by atoms with E-state index in [1.54, 1.807) is 6.07 Å². The van der Waals surface area contributed by atoms with Crippen molar-refractivity contribution in [2.45, 2.75) is 46.5 Å². The molecule has 0 aliphatic carbocycles. The van der Waals surface area contributed by atoms with Crippen molar-refractivity contribution in [3.05, 3.63) is 22.2 Å². The van der Waals surface area contributed by atoms with Crippen molar-refractivity contribution >= 4 is 11.5 Å². The van der Waals surface area contributed by atoms with E-state index < -0.39 is 4.92 Å². The molecule has 21 heavy (non-hydrogen) atoms. The lowest BCUT2D eigenvalue weighted by Gasteiger charge is -2.15. The Bertz CT molecular complexity index is 452. The molecule has 1 rings (SSSR count). The second-order valence-corrected chi connectivity index (χ2v) is 5.04. The molecule has 0 radical (unpaired) electrons. The molecule has 0 spiro atoms. The number of hydrogen-bond donors (Lipinski definition) is 1. The van der Waals surface area contributed by atoms with Crippen LogP contribution in [0.5, 0.6) is 5.88 Å². The predicted molar refractivity (Wildman–Crippen MR) is 83.9 cm³/mol. The number of pyridine rings is 1. The lowest BCUT2D eigenvalue weighted by molar-refractivity contribution is -0.386. The van der Waals surface area contributed by atoms with Crippen LogP contribution in [0.25, 0.3) is 0 Å². The van der Waals surface area contributed by atoms with E-state index in [-0.39, 0.29) is 11.6 Å². The van der Waals surface area contributed by atoms with Gasteiger partial charge in [-0.1, -0.05) is 33.1 Å². The summed E-state index contributed by atoms with van der Waals surface area (Å²) < 4.78 is 5.64. The Morgan fingerprint density at radius 2 is 2.14 bits per heavy atom. The monoisotopic (exact) mass is 295 g/mol. The SMILES string of the molecule is CCCCC(CC)COc1nc(NCC)ccc1[N+](=O)[O-]. The van der Waals surface area contributed by atoms with Crippen molar-refractivity contribution in [2.75, 3.05) is 18.5 Å². The number of nitrogens with zero attached hydrogens (tertiary/aromatic N) is 2. The number of ether oxygens (including phenoxy) is 1. The average Bonchev–Trinajstić information content (AvgIpc) is 2.47. The Morgan fingerprint density at radius 3 is 2.71 bits per heavy atom. The Balaban J connectivity index is 2.78. The second kappa shape index (κ2) is 9.15. The van der Waals surface area contributed by atoms with Gasteiger partial charge in [0.25, 0.3) is 5.88 Å². The van der Waals surface area contributed by atoms with Crippen LogP contribution in [0.15, 0.2) is 12.1 Å². The molecule has 1 heterocycles. The molecule has 0 fully saturated rings. The van der Waals surface area contributed by atoms with Crippen LogP contribution in [0.3, 0.4) is 0 Å². The van der Waals surface area contributed by atoms with Crippen molar-refractivity contribution in [2.24, 2.45) is 5.92 Å². The second-order valence-electron chi connectivity index (χ2n) is 5.04. The van der Waals surface area contributed by atoms with E-state index in [1.165, 1.54) is 6.07 Å². The molecule has 1 atom stereocenters. The minimum absolute atomic E-state index is 0.0815. The first-order valence-corrected chi connectivity index (χ1v) is 7.64. The Morgan fingerprint density at radius 1 is 1.38 bits per heavy atom. The van der Waals surface area contributed by atoms with E-state index in [1.807, 2.05) is 6.92 Å². The van der Waals surface area contributed by atoms with E-state index in [9.17, 15) is 10.1 Å². The first-order chi connectivity index (χ1) is 10.1. The Labute approximate surface area is 126 Å². The van der Waals surface area contributed by atoms with Crippen molar-refractivity contribution in [1.29, 1.82) is 0 Å². The van der Waals surface area contributed by atoms with E-state index in [2.05, 4.69) is 24.1 Å². The molecule has 6 nitrogen and oxygen atoms in total. The minimum Gasteiger partial charge on any atom is -0.472 e. The lowest BCUT2D eigenvalue weighted by atomic mass is 10.0. The van der Waals surface area contributed by atoms with E-state index in [0.717, 1.165) is 25.7 Å². The molecule has 1 aromatic rings. The number of rotatable bonds is 10. The maximum Gasteiger partial charge on any atom is 0.331 e. The highest BCUT2D eigenvalue weighted by Crippen LogP contribution is 2.27. The van der Waals surface area contributed by atoms with Gasteiger partial charge in [-0.3, -0.25) is 10.1 Å². The van der Waals surface area contributed by atoms with Gasteiger partial charge in [-0.25, -0.2) is 0 Å². The van der Waals surface area contributed by atoms with Gasteiger partial charge < -0.3 is 10.1 Å². The van der Waals surface area contributed by atoms with Gasteiger partial charge in [-0.2, -0.15) is 4.98 Å². The smallest absolute Gasteiger partial charge is 0.331 e. The maximum absolute atomic E-state index is 11.0. The third-order valence-corrected chi connectivity index (χ3v) is 3.39. The Hall–Kier alpha value is -1.85. The fourth-order valence-electron chi connectivity index (χ4n) is 2.05. The third kappa shape index (κ3) is 5.57. The zero-order chi connectivity index (χ0) is 15.7. The van der Waals surface area contributed by atoms with Gasteiger partial charge in [0, 0.05) is 12.6 Å². The van der Waals surface area contributed by atoms with Crippen LogP contribution in [0, 0.1) is 16.0 Å². The molecule has 1 N–H and O–H groups in total. The zero-order valence-electron chi connectivity index (χ0n) is 13.1. The fraction of sp³-hybridized carbons (Fsp3) is 0.667. The summed E-state index contributed by atoms with van der Waals surface area (Å²) >= 11 is 0. The summed E-state index contributed by atoms with van der Waals surface area (Å²) in [5.41, 5.74) is -0.0815. The van der Waals surface area contributed by atoms with Crippen LogP contribution in [0.1, 0.15) is 46.5 Å². The number of nitro groups is 1. The lowest BCUT2D eigenvalue weighted by Crippen LogP contribution is -2.13. The molecule has 1 unspecified atom stereocenters. The molecule has 118 valence electrons. The fourth-order valence-corrected chi connectivity index (χ4v) is 2.05. The molecule has 0 saturated heterocycles. The Kier molecular flexibility index (Phi) is 7.50. The number of anilines is 1. The molecule has 0 amide bonds. The van der Waals surface area contributed by atoms with Crippen LogP contribution in [0.4, 0.5) is 11.5 Å². The van der Waals surface area contributed by atoms with Gasteiger partial charge in [0.2, 0.25) is 0 Å². The summed E-state index contributed by atoms with van der Waals surface area (Å²) in [5, 5.41) is 14.1. The summed E-state index contributed by atoms with van der Waals surface area (Å²) in [6.07, 6.45) is 4.37. The van der Waals surface area contributed by atoms with Crippen molar-refractivity contribution < 1.29 is 9.66 Å². The molecular formula is C15H25N3O3.